The normalized spacial score (nSPS) is 11.7. The molecule has 0 fully saturated rings. The minimum absolute atomic E-state index is 0.0158. The lowest BCUT2D eigenvalue weighted by Crippen LogP contribution is -2.19. The third kappa shape index (κ3) is 24.5. The van der Waals surface area contributed by atoms with Crippen LogP contribution >= 0.6 is 81.2 Å². The van der Waals surface area contributed by atoms with Crippen molar-refractivity contribution in [1.29, 1.82) is 0 Å². The zero-order valence-electron chi connectivity index (χ0n) is 76.6. The number of carbonyl (C=O) groups is 3. The highest BCUT2D eigenvalue weighted by atomic mass is 35.5. The average molecular weight is 2210 g/mol. The van der Waals surface area contributed by atoms with E-state index in [1.54, 1.807) is 189 Å². The minimum Gasteiger partial charge on any atom is -0.462 e. The van der Waals surface area contributed by atoms with Crippen molar-refractivity contribution in [2.24, 2.45) is 14.1 Å². The molecule has 6 heterocycles. The van der Waals surface area contributed by atoms with E-state index in [0.29, 0.717) is 105 Å². The summed E-state index contributed by atoms with van der Waals surface area (Å²) >= 11 is 42.0. The highest BCUT2D eigenvalue weighted by molar-refractivity contribution is 7.94. The third-order valence-electron chi connectivity index (χ3n) is 20.8. The molecule has 0 unspecified atom stereocenters. The lowest BCUT2D eigenvalue weighted by Gasteiger charge is -2.12. The van der Waals surface area contributed by atoms with Crippen molar-refractivity contribution in [3.05, 3.63) is 310 Å². The number of nitrogens with one attached hydrogen (secondary N) is 5. The molecule has 6 aromatic heterocycles. The van der Waals surface area contributed by atoms with Crippen LogP contribution < -0.4 is 30.4 Å². The average Bonchev–Trinajstić information content (AvgIpc) is 1.58. The highest BCUT2D eigenvalue weighted by Gasteiger charge is 2.32. The molecule has 16 rings (SSSR count). The summed E-state index contributed by atoms with van der Waals surface area (Å²) < 4.78 is 207. The number of benzene rings is 10. The molecular formula is C90H87Cl7N18O20S7. The van der Waals surface area contributed by atoms with Crippen molar-refractivity contribution in [2.45, 2.75) is 104 Å². The van der Waals surface area contributed by atoms with E-state index in [2.05, 4.69) is 54.6 Å². The quantitative estimate of drug-likeness (QED) is 0.0218. The Hall–Kier alpha value is -12.9. The van der Waals surface area contributed by atoms with E-state index in [1.807, 2.05) is 13.1 Å². The number of hydrogen-bond acceptors (Lipinski definition) is 28. The lowest BCUT2D eigenvalue weighted by molar-refractivity contribution is 0.0518. The van der Waals surface area contributed by atoms with Crippen LogP contribution in [0, 0.1) is 48.5 Å². The van der Waals surface area contributed by atoms with Crippen molar-refractivity contribution >= 4 is 237 Å². The van der Waals surface area contributed by atoms with Crippen LogP contribution in [0.25, 0.3) is 32.7 Å². The highest BCUT2D eigenvalue weighted by Crippen LogP contribution is 2.36. The number of aromatic nitrogens is 12. The number of nitrogens with zero attached hydrogens (tertiary/aromatic N) is 11. The molecule has 52 heteroatoms. The molecule has 142 heavy (non-hydrogen) atoms. The number of rotatable bonds is 24. The first-order chi connectivity index (χ1) is 66.7. The summed E-state index contributed by atoms with van der Waals surface area (Å²) in [6.07, 6.45) is 8.03. The number of halogens is 7. The van der Waals surface area contributed by atoms with E-state index in [4.69, 9.17) is 107 Å². The Labute approximate surface area is 851 Å². The summed E-state index contributed by atoms with van der Waals surface area (Å²) in [7, 11) is -23.9. The number of carbonyl (C=O) groups excluding carboxylic acids is 3. The van der Waals surface area contributed by atoms with Gasteiger partial charge in [-0.2, -0.15) is 58.9 Å². The fourth-order valence-electron chi connectivity index (χ4n) is 13.4. The first-order valence-electron chi connectivity index (χ1n) is 41.4. The SMILES string of the molecule is CCOC(=O)c1cn(S(=O)(=O)c2cccc(Cl)c2C)nc1N.CCOC(=O)c1cnn(C)c1NS(=O)(=O)c1cccc(Cl)c1C.CCOC(=O)c1cnn(S(=O)(=O)c2cccc(Cl)c2C)c1N.Cc1c(Cl)cccc1S(=O)(=O)Nc1ccc2[nH]ncc2c1.Cc1c(Cl)cccc1S(=O)(=O)Nc1ccc2c(cnn2C)c1.Cc1c(Cl)cccc1S(=O)(=O)Nc1ccc2c(cnn2S(=O)(=O)c2cccc(Cl)c2C)c1. The Morgan fingerprint density at radius 3 is 1.08 bits per heavy atom. The van der Waals surface area contributed by atoms with E-state index in [9.17, 15) is 73.3 Å². The summed E-state index contributed by atoms with van der Waals surface area (Å²) in [5.74, 6) is -2.61. The maximum absolute atomic E-state index is 13.2. The molecule has 0 aliphatic carbocycles. The smallest absolute Gasteiger partial charge is 0.343 e. The monoisotopic (exact) mass is 2210 g/mol. The maximum atomic E-state index is 13.2. The molecule has 38 nitrogen and oxygen atoms in total. The van der Waals surface area contributed by atoms with Crippen molar-refractivity contribution in [2.75, 3.05) is 50.2 Å². The Morgan fingerprint density at radius 1 is 0.352 bits per heavy atom. The predicted molar refractivity (Wildman–Crippen MR) is 545 cm³/mol. The van der Waals surface area contributed by atoms with E-state index in [1.165, 1.54) is 96.9 Å². The Balaban J connectivity index is 0.000000164. The topological polar surface area (TPSA) is 536 Å². The van der Waals surface area contributed by atoms with Gasteiger partial charge in [0.25, 0.3) is 70.2 Å². The second-order valence-electron chi connectivity index (χ2n) is 30.2. The van der Waals surface area contributed by atoms with Crippen LogP contribution in [-0.2, 0) is 98.5 Å². The van der Waals surface area contributed by atoms with Gasteiger partial charge in [-0.1, -0.05) is 124 Å². The molecule has 0 saturated heterocycles. The fraction of sp³-hybridized carbons (Fsp3) is 0.167. The lowest BCUT2D eigenvalue weighted by atomic mass is 10.2. The van der Waals surface area contributed by atoms with Gasteiger partial charge in [0, 0.05) is 82.5 Å². The van der Waals surface area contributed by atoms with Crippen LogP contribution in [0.15, 0.2) is 253 Å². The number of anilines is 6. The predicted octanol–water partition coefficient (Wildman–Crippen LogP) is 17.7. The van der Waals surface area contributed by atoms with E-state index in [-0.39, 0.29) is 93.9 Å². The summed E-state index contributed by atoms with van der Waals surface area (Å²) in [6, 6.07) is 47.3. The van der Waals surface area contributed by atoms with Gasteiger partial charge in [0.2, 0.25) is 0 Å². The van der Waals surface area contributed by atoms with Gasteiger partial charge >= 0.3 is 17.9 Å². The molecule has 0 saturated carbocycles. The van der Waals surface area contributed by atoms with Crippen LogP contribution in [0.4, 0.5) is 34.5 Å². The standard InChI is InChI=1S/C21H17Cl2N3O4S2.C15H14ClN3O2S.C14H16ClN3O4S.C14H12ClN3O2S.2C13H14ClN3O4S/c1-13-17(22)5-3-7-20(13)31(27,28)25-16-9-10-19-15(11-16)12-24-26(19)32(29,30)21-8-4-6-18(23)14(21)2;1-10-13(16)4-3-5-15(10)22(20,21)18-12-6-7-14-11(8-12)9-17-19(14)2;1-4-22-14(19)10-8-16-18(3)13(10)17-23(20,21)12-7-5-6-11(15)9(12)2;1-9-12(15)3-2-4-14(9)21(19,20)18-11-5-6-13-10(7-11)8-16-17-13;1-3-21-13(18)9-7-17(16-12(9)15)22(19,20)11-6-4-5-10(14)8(11)2;1-3-21-13(18)9-7-16-17(12(9)15)22(19,20)11-6-4-5-10(14)8(11)2/h3-12,25H,1-2H3;3-9,18H,1-2H3;5-8,17H,4H2,1-3H3;2-8,18H,1H3,(H,16,17);4-7H,3H2,1-2H3,(H2,15,16);4-7H,3,15H2,1-2H3. The van der Waals surface area contributed by atoms with Crippen LogP contribution in [0.2, 0.25) is 35.2 Å². The van der Waals surface area contributed by atoms with Crippen molar-refractivity contribution in [3.8, 4) is 0 Å². The number of aromatic amines is 1. The third-order valence-corrected chi connectivity index (χ3v) is 34.9. The minimum atomic E-state index is -4.06. The van der Waals surface area contributed by atoms with Gasteiger partial charge in [-0.3, -0.25) is 33.4 Å². The second kappa shape index (κ2) is 45.2. The maximum Gasteiger partial charge on any atom is 0.343 e. The number of ether oxygens (including phenoxy) is 3. The van der Waals surface area contributed by atoms with E-state index in [0.717, 1.165) is 38.3 Å². The molecular weight excluding hydrogens is 2130 g/mol. The summed E-state index contributed by atoms with van der Waals surface area (Å²) in [5.41, 5.74) is 17.5. The van der Waals surface area contributed by atoms with Crippen molar-refractivity contribution in [1.82, 2.24) is 57.3 Å². The molecule has 0 aliphatic heterocycles. The number of aryl methyl sites for hydroxylation is 2. The molecule has 9 N–H and O–H groups in total. The van der Waals surface area contributed by atoms with Gasteiger partial charge in [-0.15, -0.1) is 9.19 Å². The second-order valence-corrected chi connectivity index (χ2v) is 44.9. The van der Waals surface area contributed by atoms with Gasteiger partial charge in [-0.25, -0.2) is 48.1 Å². The molecule has 0 aliphatic rings. The van der Waals surface area contributed by atoms with Crippen molar-refractivity contribution in [3.63, 3.8) is 0 Å². The number of nitrogen functional groups attached to an aromatic ring is 2. The Bertz CT molecular complexity index is 8440. The van der Waals surface area contributed by atoms with Crippen LogP contribution in [0.3, 0.4) is 0 Å². The number of fused-ring (bicyclic) bond motifs is 3. The largest absolute Gasteiger partial charge is 0.462 e. The fourth-order valence-corrected chi connectivity index (χ4v) is 24.7. The van der Waals surface area contributed by atoms with Gasteiger partial charge < -0.3 is 25.7 Å². The zero-order chi connectivity index (χ0) is 104. The van der Waals surface area contributed by atoms with Gasteiger partial charge in [0.1, 0.15) is 16.7 Å². The first-order valence-corrected chi connectivity index (χ1v) is 54.3. The zero-order valence-corrected chi connectivity index (χ0v) is 87.7. The van der Waals surface area contributed by atoms with Gasteiger partial charge in [0.05, 0.1) is 108 Å². The van der Waals surface area contributed by atoms with Crippen LogP contribution in [0.5, 0.6) is 0 Å². The van der Waals surface area contributed by atoms with E-state index < -0.39 is 88.1 Å². The summed E-state index contributed by atoms with van der Waals surface area (Å²) in [6.45, 7) is 16.7. The Kier molecular flexibility index (Phi) is 34.8. The number of esters is 3. The molecule has 10 aromatic carbocycles. The van der Waals surface area contributed by atoms with Gasteiger partial charge in [-0.05, 0) is 248 Å². The van der Waals surface area contributed by atoms with Gasteiger partial charge in [0.15, 0.2) is 17.5 Å². The van der Waals surface area contributed by atoms with Crippen LogP contribution in [-0.4, -0.2) is 154 Å². The van der Waals surface area contributed by atoms with E-state index >= 15 is 0 Å². The molecule has 748 valence electrons. The first kappa shape index (κ1) is 110. The van der Waals surface area contributed by atoms with Crippen molar-refractivity contribution < 1.29 is 87.5 Å². The molecule has 0 radical (unpaired) electrons. The Morgan fingerprint density at radius 2 is 0.669 bits per heavy atom. The van der Waals surface area contributed by atoms with Crippen LogP contribution in [0.1, 0.15) is 90.8 Å². The number of nitrogens with two attached hydrogens (primary N) is 2. The summed E-state index contributed by atoms with van der Waals surface area (Å²) in [4.78, 5) is 35.7. The molecule has 16 aromatic rings. The number of sulfonamides is 4. The summed E-state index contributed by atoms with van der Waals surface area (Å²) in [5, 5.41) is 30.8. The number of hydrogen-bond donors (Lipinski definition) is 7. The molecule has 0 amide bonds. The molecule has 0 bridgehead atoms. The number of H-pyrrole nitrogens is 1. The molecule has 0 spiro atoms. The molecule has 0 atom stereocenters.